The number of aromatic nitrogens is 1. The summed E-state index contributed by atoms with van der Waals surface area (Å²) in [6.07, 6.45) is 3.12. The second kappa shape index (κ2) is 5.88. The van der Waals surface area contributed by atoms with Gasteiger partial charge in [-0.1, -0.05) is 0 Å². The molecule has 0 saturated heterocycles. The normalized spacial score (nSPS) is 11.3. The molecular weight excluding hydrogens is 314 g/mol. The number of hydrogen-bond donors (Lipinski definition) is 1. The van der Waals surface area contributed by atoms with E-state index in [4.69, 9.17) is 0 Å². The van der Waals surface area contributed by atoms with E-state index in [2.05, 4.69) is 31.4 Å². The summed E-state index contributed by atoms with van der Waals surface area (Å²) in [7, 11) is 0. The van der Waals surface area contributed by atoms with E-state index >= 15 is 0 Å². The van der Waals surface area contributed by atoms with Gasteiger partial charge < -0.3 is 0 Å². The molecule has 1 amide bonds. The molecule has 0 bridgehead atoms. The van der Waals surface area contributed by atoms with Crippen molar-refractivity contribution in [3.05, 3.63) is 50.9 Å². The largest absolute Gasteiger partial charge is 0.272 e. The summed E-state index contributed by atoms with van der Waals surface area (Å²) in [5, 5.41) is 4.06. The minimum Gasteiger partial charge on any atom is -0.267 e. The third kappa shape index (κ3) is 3.24. The highest BCUT2D eigenvalue weighted by Gasteiger charge is 2.05. The fourth-order valence-electron chi connectivity index (χ4n) is 1.26. The molecule has 0 atom stereocenters. The van der Waals surface area contributed by atoms with Gasteiger partial charge in [-0.15, -0.1) is 11.3 Å². The molecule has 18 heavy (non-hydrogen) atoms. The van der Waals surface area contributed by atoms with Crippen LogP contribution in [0.3, 0.4) is 0 Å². The van der Waals surface area contributed by atoms with E-state index < -0.39 is 0 Å². The number of amides is 1. The molecule has 0 fully saturated rings. The van der Waals surface area contributed by atoms with Crippen LogP contribution in [-0.4, -0.2) is 16.6 Å². The van der Waals surface area contributed by atoms with E-state index in [1.165, 1.54) is 6.20 Å². The molecule has 0 radical (unpaired) electrons. The standard InChI is InChI=1S/C12H10BrN3OS/c1-8(10-4-5-11(13)18-10)15-16-12(17)9-3-2-6-14-7-9/h2-7H,1H3,(H,16,17)/b15-8-. The zero-order valence-corrected chi connectivity index (χ0v) is 12.0. The Morgan fingerprint density at radius 2 is 2.28 bits per heavy atom. The monoisotopic (exact) mass is 323 g/mol. The van der Waals surface area contributed by atoms with Gasteiger partial charge in [0.05, 0.1) is 19.9 Å². The third-order valence-electron chi connectivity index (χ3n) is 2.18. The van der Waals surface area contributed by atoms with Crippen molar-refractivity contribution in [2.45, 2.75) is 6.92 Å². The summed E-state index contributed by atoms with van der Waals surface area (Å²) < 4.78 is 1.03. The van der Waals surface area contributed by atoms with Crippen LogP contribution in [0.5, 0.6) is 0 Å². The average Bonchev–Trinajstić information content (AvgIpc) is 2.83. The van der Waals surface area contributed by atoms with Gasteiger partial charge in [-0.2, -0.15) is 5.10 Å². The van der Waals surface area contributed by atoms with Crippen LogP contribution in [0.2, 0.25) is 0 Å². The second-order valence-electron chi connectivity index (χ2n) is 3.48. The Labute approximate surface area is 117 Å². The van der Waals surface area contributed by atoms with Gasteiger partial charge in [0, 0.05) is 12.4 Å². The lowest BCUT2D eigenvalue weighted by atomic mass is 10.3. The molecule has 92 valence electrons. The highest BCUT2D eigenvalue weighted by molar-refractivity contribution is 9.11. The van der Waals surface area contributed by atoms with Gasteiger partial charge in [-0.3, -0.25) is 9.78 Å². The van der Waals surface area contributed by atoms with Crippen molar-refractivity contribution in [3.8, 4) is 0 Å². The number of carbonyl (C=O) groups is 1. The summed E-state index contributed by atoms with van der Waals surface area (Å²) in [4.78, 5) is 16.6. The number of rotatable bonds is 3. The van der Waals surface area contributed by atoms with Crippen molar-refractivity contribution in [2.75, 3.05) is 0 Å². The first-order valence-electron chi connectivity index (χ1n) is 5.17. The lowest BCUT2D eigenvalue weighted by Crippen LogP contribution is -2.19. The molecule has 4 nitrogen and oxygen atoms in total. The lowest BCUT2D eigenvalue weighted by molar-refractivity contribution is 0.0954. The highest BCUT2D eigenvalue weighted by Crippen LogP contribution is 2.22. The van der Waals surface area contributed by atoms with Crippen LogP contribution in [0.25, 0.3) is 0 Å². The molecule has 2 aromatic heterocycles. The summed E-state index contributed by atoms with van der Waals surface area (Å²) in [6.45, 7) is 1.85. The number of thiophene rings is 1. The molecule has 0 aromatic carbocycles. The van der Waals surface area contributed by atoms with Gasteiger partial charge in [0.2, 0.25) is 0 Å². The summed E-state index contributed by atoms with van der Waals surface area (Å²) in [5.74, 6) is -0.266. The fourth-order valence-corrected chi connectivity index (χ4v) is 2.59. The fraction of sp³-hybridized carbons (Fsp3) is 0.0833. The molecule has 2 heterocycles. The maximum absolute atomic E-state index is 11.7. The maximum Gasteiger partial charge on any atom is 0.272 e. The maximum atomic E-state index is 11.7. The molecule has 0 aliphatic rings. The van der Waals surface area contributed by atoms with Crippen molar-refractivity contribution in [1.29, 1.82) is 0 Å². The average molecular weight is 324 g/mol. The molecule has 0 aliphatic heterocycles. The Balaban J connectivity index is 2.05. The first-order valence-corrected chi connectivity index (χ1v) is 6.78. The SMILES string of the molecule is C/C(=N/NC(=O)c1cccnc1)c1ccc(Br)s1. The van der Waals surface area contributed by atoms with E-state index in [-0.39, 0.29) is 5.91 Å². The molecule has 0 aliphatic carbocycles. The Kier molecular flexibility index (Phi) is 4.22. The first-order chi connectivity index (χ1) is 8.66. The number of carbonyl (C=O) groups excluding carboxylic acids is 1. The van der Waals surface area contributed by atoms with Gasteiger partial charge in [0.25, 0.3) is 5.91 Å². The van der Waals surface area contributed by atoms with E-state index in [1.807, 2.05) is 19.1 Å². The molecule has 2 rings (SSSR count). The van der Waals surface area contributed by atoms with Gasteiger partial charge in [0.1, 0.15) is 0 Å². The quantitative estimate of drug-likeness (QED) is 0.697. The number of nitrogens with one attached hydrogen (secondary N) is 1. The van der Waals surface area contributed by atoms with Crippen molar-refractivity contribution < 1.29 is 4.79 Å². The van der Waals surface area contributed by atoms with E-state index in [0.29, 0.717) is 5.56 Å². The molecule has 0 saturated carbocycles. The lowest BCUT2D eigenvalue weighted by Gasteiger charge is -2.00. The van der Waals surface area contributed by atoms with Crippen molar-refractivity contribution in [3.63, 3.8) is 0 Å². The molecule has 0 unspecified atom stereocenters. The van der Waals surface area contributed by atoms with Gasteiger partial charge in [-0.25, -0.2) is 5.43 Å². The summed E-state index contributed by atoms with van der Waals surface area (Å²) in [5.41, 5.74) is 3.76. The first kappa shape index (κ1) is 12.9. The van der Waals surface area contributed by atoms with Gasteiger partial charge in [-0.05, 0) is 47.1 Å². The third-order valence-corrected chi connectivity index (χ3v) is 3.91. The second-order valence-corrected chi connectivity index (χ2v) is 5.95. The molecule has 1 N–H and O–H groups in total. The predicted molar refractivity (Wildman–Crippen MR) is 75.9 cm³/mol. The van der Waals surface area contributed by atoms with Crippen LogP contribution in [0.15, 0.2) is 45.5 Å². The number of hydrogen-bond acceptors (Lipinski definition) is 4. The smallest absolute Gasteiger partial charge is 0.267 e. The topological polar surface area (TPSA) is 54.4 Å². The molecule has 0 spiro atoms. The molecular formula is C12H10BrN3OS. The summed E-state index contributed by atoms with van der Waals surface area (Å²) in [6, 6.07) is 7.29. The van der Waals surface area contributed by atoms with Crippen LogP contribution in [0, 0.1) is 0 Å². The van der Waals surface area contributed by atoms with Gasteiger partial charge >= 0.3 is 0 Å². The molecule has 6 heteroatoms. The van der Waals surface area contributed by atoms with Crippen LogP contribution >= 0.6 is 27.3 Å². The van der Waals surface area contributed by atoms with E-state index in [0.717, 1.165) is 14.4 Å². The molecule has 2 aromatic rings. The Bertz CT molecular complexity index is 580. The minimum absolute atomic E-state index is 0.266. The van der Waals surface area contributed by atoms with Crippen LogP contribution in [0.4, 0.5) is 0 Å². The number of nitrogens with zero attached hydrogens (tertiary/aromatic N) is 2. The van der Waals surface area contributed by atoms with Crippen molar-refractivity contribution in [1.82, 2.24) is 10.4 Å². The van der Waals surface area contributed by atoms with E-state index in [9.17, 15) is 4.79 Å². The van der Waals surface area contributed by atoms with Crippen molar-refractivity contribution in [2.24, 2.45) is 5.10 Å². The van der Waals surface area contributed by atoms with Gasteiger partial charge in [0.15, 0.2) is 0 Å². The predicted octanol–water partition coefficient (Wildman–Crippen LogP) is 3.06. The number of halogens is 1. The van der Waals surface area contributed by atoms with E-state index in [1.54, 1.807) is 29.7 Å². The minimum atomic E-state index is -0.266. The van der Waals surface area contributed by atoms with Crippen LogP contribution < -0.4 is 5.43 Å². The van der Waals surface area contributed by atoms with Crippen LogP contribution in [-0.2, 0) is 0 Å². The zero-order valence-electron chi connectivity index (χ0n) is 9.55. The Hall–Kier alpha value is -1.53. The van der Waals surface area contributed by atoms with Crippen molar-refractivity contribution >= 4 is 38.9 Å². The number of hydrazone groups is 1. The summed E-state index contributed by atoms with van der Waals surface area (Å²) >= 11 is 4.95. The highest BCUT2D eigenvalue weighted by atomic mass is 79.9. The van der Waals surface area contributed by atoms with Crippen LogP contribution in [0.1, 0.15) is 22.2 Å². The zero-order chi connectivity index (χ0) is 13.0. The Morgan fingerprint density at radius 3 is 2.89 bits per heavy atom. The number of pyridine rings is 1. The Morgan fingerprint density at radius 1 is 1.44 bits per heavy atom.